The first-order valence-corrected chi connectivity index (χ1v) is 11.0. The van der Waals surface area contributed by atoms with E-state index in [1.165, 1.54) is 10.5 Å². The number of carbonyl (C=O) groups is 2. The summed E-state index contributed by atoms with van der Waals surface area (Å²) in [6.45, 7) is 4.67. The smallest absolute Gasteiger partial charge is 0.255 e. The van der Waals surface area contributed by atoms with Crippen LogP contribution in [0.5, 0.6) is 0 Å². The van der Waals surface area contributed by atoms with Gasteiger partial charge in [-0.15, -0.1) is 11.8 Å². The number of benzene rings is 3. The lowest BCUT2D eigenvalue weighted by Crippen LogP contribution is -2.25. The number of para-hydroxylation sites is 1. The molecule has 0 radical (unpaired) electrons. The fraction of sp³-hybridized carbons (Fsp3) is 0.200. The Labute approximate surface area is 182 Å². The highest BCUT2D eigenvalue weighted by molar-refractivity contribution is 7.98. The first kappa shape index (κ1) is 21.7. The van der Waals surface area contributed by atoms with Crippen LogP contribution in [0, 0.1) is 6.92 Å². The second-order valence-electron chi connectivity index (χ2n) is 7.05. The van der Waals surface area contributed by atoms with Crippen molar-refractivity contribution >= 4 is 29.3 Å². The second kappa shape index (κ2) is 10.6. The molecule has 5 heteroatoms. The number of amides is 2. The third-order valence-corrected chi connectivity index (χ3v) is 5.68. The quantitative estimate of drug-likeness (QED) is 0.463. The van der Waals surface area contributed by atoms with Crippen molar-refractivity contribution in [2.45, 2.75) is 30.9 Å². The Bertz CT molecular complexity index is 998. The number of aryl methyl sites for hydroxylation is 1. The molecule has 0 bridgehead atoms. The maximum absolute atomic E-state index is 12.7. The lowest BCUT2D eigenvalue weighted by molar-refractivity contribution is 0.0954. The van der Waals surface area contributed by atoms with Crippen molar-refractivity contribution in [2.75, 3.05) is 11.9 Å². The van der Waals surface area contributed by atoms with E-state index in [1.807, 2.05) is 31.2 Å². The van der Waals surface area contributed by atoms with E-state index in [0.29, 0.717) is 23.4 Å². The van der Waals surface area contributed by atoms with E-state index < -0.39 is 0 Å². The molecular weight excluding hydrogens is 392 g/mol. The zero-order valence-electron chi connectivity index (χ0n) is 17.3. The van der Waals surface area contributed by atoms with Crippen molar-refractivity contribution in [1.29, 1.82) is 0 Å². The van der Waals surface area contributed by atoms with Gasteiger partial charge < -0.3 is 10.6 Å². The SMILES string of the molecule is CCCNC(=O)c1ccccc1NC(=O)c1ccc(CSc2ccc(C)cc2)cc1. The van der Waals surface area contributed by atoms with E-state index in [1.54, 1.807) is 36.0 Å². The predicted molar refractivity (Wildman–Crippen MR) is 124 cm³/mol. The summed E-state index contributed by atoms with van der Waals surface area (Å²) < 4.78 is 0. The van der Waals surface area contributed by atoms with Crippen LogP contribution in [0.2, 0.25) is 0 Å². The molecule has 0 atom stereocenters. The number of hydrogen-bond acceptors (Lipinski definition) is 3. The van der Waals surface area contributed by atoms with Gasteiger partial charge >= 0.3 is 0 Å². The minimum atomic E-state index is -0.233. The van der Waals surface area contributed by atoms with E-state index in [2.05, 4.69) is 41.8 Å². The summed E-state index contributed by atoms with van der Waals surface area (Å²) in [7, 11) is 0. The lowest BCUT2D eigenvalue weighted by Gasteiger charge is -2.11. The van der Waals surface area contributed by atoms with Gasteiger partial charge in [0.15, 0.2) is 0 Å². The minimum Gasteiger partial charge on any atom is -0.352 e. The van der Waals surface area contributed by atoms with Crippen LogP contribution in [0.15, 0.2) is 77.7 Å². The largest absolute Gasteiger partial charge is 0.352 e. The van der Waals surface area contributed by atoms with Gasteiger partial charge in [0.1, 0.15) is 0 Å². The molecule has 3 aromatic carbocycles. The number of nitrogens with one attached hydrogen (secondary N) is 2. The molecule has 0 saturated heterocycles. The molecule has 0 aliphatic rings. The topological polar surface area (TPSA) is 58.2 Å². The standard InChI is InChI=1S/C25H26N2O2S/c1-3-16-26-25(29)22-6-4-5-7-23(22)27-24(28)20-12-10-19(11-13-20)17-30-21-14-8-18(2)9-15-21/h4-15H,3,16-17H2,1-2H3,(H,26,29)(H,27,28). The van der Waals surface area contributed by atoms with Gasteiger partial charge in [-0.2, -0.15) is 0 Å². The van der Waals surface area contributed by atoms with Crippen LogP contribution >= 0.6 is 11.8 Å². The molecule has 3 rings (SSSR count). The molecule has 3 aromatic rings. The van der Waals surface area contributed by atoms with Gasteiger partial charge in [0.25, 0.3) is 11.8 Å². The Morgan fingerprint density at radius 1 is 0.867 bits per heavy atom. The molecular formula is C25H26N2O2S. The molecule has 0 aliphatic carbocycles. The fourth-order valence-corrected chi connectivity index (χ4v) is 3.73. The molecule has 0 aromatic heterocycles. The first-order valence-electron chi connectivity index (χ1n) is 10.0. The van der Waals surface area contributed by atoms with Crippen LogP contribution in [-0.2, 0) is 5.75 Å². The van der Waals surface area contributed by atoms with Crippen molar-refractivity contribution in [1.82, 2.24) is 5.32 Å². The first-order chi connectivity index (χ1) is 14.6. The summed E-state index contributed by atoms with van der Waals surface area (Å²) in [6.07, 6.45) is 0.856. The molecule has 0 fully saturated rings. The molecule has 0 heterocycles. The summed E-state index contributed by atoms with van der Waals surface area (Å²) in [5.74, 6) is 0.422. The average molecular weight is 419 g/mol. The van der Waals surface area contributed by atoms with Crippen LogP contribution in [0.1, 0.15) is 45.2 Å². The third-order valence-electron chi connectivity index (χ3n) is 4.60. The van der Waals surface area contributed by atoms with E-state index in [0.717, 1.165) is 17.7 Å². The number of hydrogen-bond donors (Lipinski definition) is 2. The Kier molecular flexibility index (Phi) is 7.69. The molecule has 0 saturated carbocycles. The summed E-state index contributed by atoms with van der Waals surface area (Å²) in [5, 5.41) is 5.71. The van der Waals surface area contributed by atoms with Crippen LogP contribution in [-0.4, -0.2) is 18.4 Å². The number of thioether (sulfide) groups is 1. The average Bonchev–Trinajstić information content (AvgIpc) is 2.77. The van der Waals surface area contributed by atoms with E-state index in [-0.39, 0.29) is 11.8 Å². The Balaban J connectivity index is 1.62. The van der Waals surface area contributed by atoms with Gasteiger partial charge in [0.05, 0.1) is 11.3 Å². The van der Waals surface area contributed by atoms with Crippen LogP contribution < -0.4 is 10.6 Å². The number of rotatable bonds is 8. The van der Waals surface area contributed by atoms with Gasteiger partial charge in [-0.3, -0.25) is 9.59 Å². The van der Waals surface area contributed by atoms with Crippen LogP contribution in [0.4, 0.5) is 5.69 Å². The van der Waals surface area contributed by atoms with Gasteiger partial charge in [0.2, 0.25) is 0 Å². The van der Waals surface area contributed by atoms with Gasteiger partial charge in [-0.1, -0.05) is 48.9 Å². The minimum absolute atomic E-state index is 0.184. The maximum atomic E-state index is 12.7. The monoisotopic (exact) mass is 418 g/mol. The molecule has 2 N–H and O–H groups in total. The summed E-state index contributed by atoms with van der Waals surface area (Å²) in [6, 6.07) is 23.1. The van der Waals surface area contributed by atoms with Crippen molar-refractivity contribution in [3.8, 4) is 0 Å². The fourth-order valence-electron chi connectivity index (χ4n) is 2.87. The molecule has 0 spiro atoms. The third kappa shape index (κ3) is 5.97. The van der Waals surface area contributed by atoms with Crippen molar-refractivity contribution in [3.05, 3.63) is 95.1 Å². The lowest BCUT2D eigenvalue weighted by atomic mass is 10.1. The zero-order valence-corrected chi connectivity index (χ0v) is 18.1. The Hall–Kier alpha value is -3.05. The highest BCUT2D eigenvalue weighted by atomic mass is 32.2. The van der Waals surface area contributed by atoms with Gasteiger partial charge in [0, 0.05) is 22.8 Å². The van der Waals surface area contributed by atoms with Crippen molar-refractivity contribution in [2.24, 2.45) is 0 Å². The van der Waals surface area contributed by atoms with E-state index in [4.69, 9.17) is 0 Å². The predicted octanol–water partition coefficient (Wildman–Crippen LogP) is 5.68. The molecule has 0 unspecified atom stereocenters. The molecule has 2 amide bonds. The molecule has 30 heavy (non-hydrogen) atoms. The summed E-state index contributed by atoms with van der Waals surface area (Å²) >= 11 is 1.77. The van der Waals surface area contributed by atoms with Crippen molar-refractivity contribution < 1.29 is 9.59 Å². The molecule has 4 nitrogen and oxygen atoms in total. The summed E-state index contributed by atoms with van der Waals surface area (Å²) in [4.78, 5) is 26.2. The highest BCUT2D eigenvalue weighted by Crippen LogP contribution is 2.23. The van der Waals surface area contributed by atoms with Crippen molar-refractivity contribution in [3.63, 3.8) is 0 Å². The van der Waals surface area contributed by atoms with Gasteiger partial charge in [-0.05, 0) is 55.3 Å². The number of anilines is 1. The zero-order chi connectivity index (χ0) is 21.3. The van der Waals surface area contributed by atoms with Crippen LogP contribution in [0.25, 0.3) is 0 Å². The highest BCUT2D eigenvalue weighted by Gasteiger charge is 2.13. The molecule has 0 aliphatic heterocycles. The van der Waals surface area contributed by atoms with Crippen LogP contribution in [0.3, 0.4) is 0 Å². The molecule has 154 valence electrons. The summed E-state index contributed by atoms with van der Waals surface area (Å²) in [5.41, 5.74) is 3.93. The maximum Gasteiger partial charge on any atom is 0.255 e. The Morgan fingerprint density at radius 2 is 1.57 bits per heavy atom. The number of carbonyl (C=O) groups excluding carboxylic acids is 2. The van der Waals surface area contributed by atoms with E-state index in [9.17, 15) is 9.59 Å². The normalized spacial score (nSPS) is 10.5. The Morgan fingerprint density at radius 3 is 2.27 bits per heavy atom. The second-order valence-corrected chi connectivity index (χ2v) is 8.10. The van der Waals surface area contributed by atoms with Gasteiger partial charge in [-0.25, -0.2) is 0 Å². The van der Waals surface area contributed by atoms with E-state index >= 15 is 0 Å².